The van der Waals surface area contributed by atoms with Crippen LogP contribution in [-0.4, -0.2) is 26.7 Å². The predicted octanol–water partition coefficient (Wildman–Crippen LogP) is 4.98. The van der Waals surface area contributed by atoms with Crippen molar-refractivity contribution in [2.75, 3.05) is 12.8 Å². The lowest BCUT2D eigenvalue weighted by molar-refractivity contribution is 0.415. The van der Waals surface area contributed by atoms with Crippen LogP contribution in [0.1, 0.15) is 5.56 Å². The fourth-order valence-electron chi connectivity index (χ4n) is 2.69. The lowest BCUT2D eigenvalue weighted by Gasteiger charge is -2.07. The monoisotopic (exact) mass is 431 g/mol. The van der Waals surface area contributed by atoms with E-state index in [1.807, 2.05) is 30.3 Å². The number of hydrogen-bond acceptors (Lipinski definition) is 6. The van der Waals surface area contributed by atoms with Gasteiger partial charge in [0.2, 0.25) is 5.16 Å². The Hall–Kier alpha value is -2.48. The zero-order valence-electron chi connectivity index (χ0n) is 14.8. The summed E-state index contributed by atoms with van der Waals surface area (Å²) in [5.74, 6) is 2.21. The summed E-state index contributed by atoms with van der Waals surface area (Å²) in [7, 11) is 1.63. The van der Waals surface area contributed by atoms with Crippen molar-refractivity contribution in [1.29, 1.82) is 0 Å². The SMILES string of the molecule is COc1ccc(-c2cnc3nc(SCc4c(Cl)cccc4Cl)nn3c2N)cc1. The molecule has 0 aliphatic rings. The van der Waals surface area contributed by atoms with E-state index in [9.17, 15) is 0 Å². The molecule has 0 saturated heterocycles. The lowest BCUT2D eigenvalue weighted by atomic mass is 10.1. The summed E-state index contributed by atoms with van der Waals surface area (Å²) in [6.07, 6.45) is 1.69. The Kier molecular flexibility index (Phi) is 5.30. The van der Waals surface area contributed by atoms with Gasteiger partial charge in [-0.2, -0.15) is 9.50 Å². The van der Waals surface area contributed by atoms with Crippen LogP contribution in [0.3, 0.4) is 0 Å². The van der Waals surface area contributed by atoms with E-state index in [0.717, 1.165) is 22.4 Å². The van der Waals surface area contributed by atoms with Gasteiger partial charge in [-0.05, 0) is 35.4 Å². The van der Waals surface area contributed by atoms with Gasteiger partial charge < -0.3 is 10.5 Å². The van der Waals surface area contributed by atoms with E-state index in [1.165, 1.54) is 16.3 Å². The van der Waals surface area contributed by atoms with E-state index in [0.29, 0.717) is 32.6 Å². The Labute approximate surface area is 175 Å². The molecule has 2 heterocycles. The zero-order chi connectivity index (χ0) is 19.7. The molecule has 0 saturated carbocycles. The number of nitrogens with two attached hydrogens (primary N) is 1. The molecule has 0 radical (unpaired) electrons. The van der Waals surface area contributed by atoms with E-state index in [1.54, 1.807) is 25.4 Å². The van der Waals surface area contributed by atoms with E-state index in [4.69, 9.17) is 33.7 Å². The van der Waals surface area contributed by atoms with E-state index in [-0.39, 0.29) is 0 Å². The summed E-state index contributed by atoms with van der Waals surface area (Å²) in [5, 5.41) is 6.25. The molecule has 0 atom stereocenters. The quantitative estimate of drug-likeness (QED) is 0.448. The summed E-state index contributed by atoms with van der Waals surface area (Å²) in [5.41, 5.74) is 8.86. The molecule has 4 rings (SSSR count). The standard InChI is InChI=1S/C19H15Cl2N5OS/c1-27-12-7-5-11(6-8-12)13-9-23-18-24-19(25-26(18)17(13)22)28-10-14-15(20)3-2-4-16(14)21/h2-9H,10,22H2,1H3. The molecule has 28 heavy (non-hydrogen) atoms. The molecule has 4 aromatic rings. The van der Waals surface area contributed by atoms with Crippen LogP contribution in [0.4, 0.5) is 5.82 Å². The molecule has 0 aliphatic heterocycles. The first-order valence-electron chi connectivity index (χ1n) is 8.28. The van der Waals surface area contributed by atoms with Gasteiger partial charge in [0, 0.05) is 27.6 Å². The first-order chi connectivity index (χ1) is 13.6. The van der Waals surface area contributed by atoms with Crippen LogP contribution in [0.15, 0.2) is 53.8 Å². The highest BCUT2D eigenvalue weighted by Crippen LogP contribution is 2.31. The first-order valence-corrected chi connectivity index (χ1v) is 10.0. The number of halogens is 2. The number of anilines is 1. The zero-order valence-corrected chi connectivity index (χ0v) is 17.1. The normalized spacial score (nSPS) is 11.1. The Balaban J connectivity index is 1.63. The number of methoxy groups -OCH3 is 1. The van der Waals surface area contributed by atoms with Crippen LogP contribution in [0, 0.1) is 0 Å². The van der Waals surface area contributed by atoms with Gasteiger partial charge in [-0.3, -0.25) is 0 Å². The maximum atomic E-state index is 6.33. The van der Waals surface area contributed by atoms with Crippen molar-refractivity contribution in [3.8, 4) is 16.9 Å². The summed E-state index contributed by atoms with van der Waals surface area (Å²) in [6.45, 7) is 0. The van der Waals surface area contributed by atoms with Crippen molar-refractivity contribution in [3.05, 3.63) is 64.3 Å². The fraction of sp³-hybridized carbons (Fsp3) is 0.105. The number of hydrogen-bond donors (Lipinski definition) is 1. The van der Waals surface area contributed by atoms with E-state index >= 15 is 0 Å². The molecular weight excluding hydrogens is 417 g/mol. The number of rotatable bonds is 5. The lowest BCUT2D eigenvalue weighted by Crippen LogP contribution is -2.02. The van der Waals surface area contributed by atoms with E-state index in [2.05, 4.69) is 15.1 Å². The molecule has 142 valence electrons. The maximum Gasteiger partial charge on any atom is 0.255 e. The molecule has 0 spiro atoms. The molecule has 0 amide bonds. The molecule has 0 aliphatic carbocycles. The fourth-order valence-corrected chi connectivity index (χ4v) is 4.25. The third kappa shape index (κ3) is 3.61. The largest absolute Gasteiger partial charge is 0.497 e. The second-order valence-electron chi connectivity index (χ2n) is 5.88. The van der Waals surface area contributed by atoms with Gasteiger partial charge in [-0.25, -0.2) is 4.98 Å². The summed E-state index contributed by atoms with van der Waals surface area (Å²) in [6, 6.07) is 13.0. The van der Waals surface area contributed by atoms with Crippen molar-refractivity contribution < 1.29 is 4.74 Å². The van der Waals surface area contributed by atoms with Crippen molar-refractivity contribution in [2.45, 2.75) is 10.9 Å². The van der Waals surface area contributed by atoms with Crippen molar-refractivity contribution in [2.24, 2.45) is 0 Å². The van der Waals surface area contributed by atoms with Gasteiger partial charge in [0.25, 0.3) is 5.78 Å². The molecule has 2 aromatic heterocycles. The molecule has 0 unspecified atom stereocenters. The van der Waals surface area contributed by atoms with Crippen LogP contribution in [-0.2, 0) is 5.75 Å². The summed E-state index contributed by atoms with van der Waals surface area (Å²) in [4.78, 5) is 8.81. The minimum Gasteiger partial charge on any atom is -0.497 e. The van der Waals surface area contributed by atoms with Crippen molar-refractivity contribution in [1.82, 2.24) is 19.6 Å². The average molecular weight is 432 g/mol. The Bertz CT molecular complexity index is 1130. The van der Waals surface area contributed by atoms with Gasteiger partial charge >= 0.3 is 0 Å². The number of fused-ring (bicyclic) bond motifs is 1. The van der Waals surface area contributed by atoms with Crippen LogP contribution in [0.25, 0.3) is 16.9 Å². The molecule has 2 N–H and O–H groups in total. The number of benzene rings is 2. The number of aromatic nitrogens is 4. The molecule has 0 fully saturated rings. The van der Waals surface area contributed by atoms with Gasteiger partial charge in [-0.1, -0.05) is 53.2 Å². The average Bonchev–Trinajstić information content (AvgIpc) is 3.12. The minimum absolute atomic E-state index is 0.433. The Morgan fingerprint density at radius 3 is 2.50 bits per heavy atom. The third-order valence-electron chi connectivity index (χ3n) is 4.19. The highest BCUT2D eigenvalue weighted by Gasteiger charge is 2.14. The van der Waals surface area contributed by atoms with Gasteiger partial charge in [0.05, 0.1) is 7.11 Å². The molecule has 9 heteroatoms. The second kappa shape index (κ2) is 7.87. The Morgan fingerprint density at radius 2 is 1.82 bits per heavy atom. The summed E-state index contributed by atoms with van der Waals surface area (Å²) >= 11 is 13.9. The van der Waals surface area contributed by atoms with Crippen LogP contribution in [0.2, 0.25) is 10.0 Å². The van der Waals surface area contributed by atoms with Crippen molar-refractivity contribution >= 4 is 46.6 Å². The van der Waals surface area contributed by atoms with Gasteiger partial charge in [0.1, 0.15) is 11.6 Å². The number of thioether (sulfide) groups is 1. The second-order valence-corrected chi connectivity index (χ2v) is 7.64. The first kappa shape index (κ1) is 18.9. The van der Waals surface area contributed by atoms with E-state index < -0.39 is 0 Å². The number of nitrogen functional groups attached to an aromatic ring is 1. The minimum atomic E-state index is 0.433. The van der Waals surface area contributed by atoms with Crippen LogP contribution in [0.5, 0.6) is 5.75 Å². The highest BCUT2D eigenvalue weighted by atomic mass is 35.5. The van der Waals surface area contributed by atoms with Gasteiger partial charge in [-0.15, -0.1) is 5.10 Å². The molecule has 2 aromatic carbocycles. The number of ether oxygens (including phenoxy) is 1. The molecular formula is C19H15Cl2N5OS. The van der Waals surface area contributed by atoms with Crippen LogP contribution >= 0.6 is 35.0 Å². The maximum absolute atomic E-state index is 6.33. The third-order valence-corrected chi connectivity index (χ3v) is 5.76. The van der Waals surface area contributed by atoms with Crippen LogP contribution < -0.4 is 10.5 Å². The predicted molar refractivity (Wildman–Crippen MR) is 113 cm³/mol. The smallest absolute Gasteiger partial charge is 0.255 e. The highest BCUT2D eigenvalue weighted by molar-refractivity contribution is 7.98. The van der Waals surface area contributed by atoms with Crippen molar-refractivity contribution in [3.63, 3.8) is 0 Å². The molecule has 0 bridgehead atoms. The Morgan fingerprint density at radius 1 is 1.11 bits per heavy atom. The summed E-state index contributed by atoms with van der Waals surface area (Å²) < 4.78 is 6.73. The topological polar surface area (TPSA) is 78.3 Å². The molecule has 6 nitrogen and oxygen atoms in total. The van der Waals surface area contributed by atoms with Gasteiger partial charge in [0.15, 0.2) is 0 Å². The number of nitrogens with zero attached hydrogens (tertiary/aromatic N) is 4.